The lowest BCUT2D eigenvalue weighted by molar-refractivity contribution is -0.118. The van der Waals surface area contributed by atoms with Gasteiger partial charge in [0.15, 0.2) is 0 Å². The lowest BCUT2D eigenvalue weighted by atomic mass is 10.2. The average Bonchev–Trinajstić information content (AvgIpc) is 3.29. The molecule has 4 rings (SSSR count). The Kier molecular flexibility index (Phi) is 5.41. The highest BCUT2D eigenvalue weighted by Crippen LogP contribution is 2.23. The quantitative estimate of drug-likeness (QED) is 0.807. The molecule has 0 saturated carbocycles. The standard InChI is InChI=1S/C21H25N5O2/c27-16-24-11-13-26(14-12-24)19-7-8-22-20(15-19)21(28)23-17-3-5-18(6-4-17)25-9-1-2-10-25/h3-8,15-16H,1-2,9-14H2,(H,23,28). The van der Waals surface area contributed by atoms with E-state index in [0.29, 0.717) is 18.8 Å². The minimum Gasteiger partial charge on any atom is -0.372 e. The van der Waals surface area contributed by atoms with Crippen LogP contribution in [0.25, 0.3) is 0 Å². The van der Waals surface area contributed by atoms with Crippen molar-refractivity contribution in [1.82, 2.24) is 9.88 Å². The van der Waals surface area contributed by atoms with Crippen LogP contribution in [0.3, 0.4) is 0 Å². The molecule has 1 N–H and O–H groups in total. The van der Waals surface area contributed by atoms with Crippen molar-refractivity contribution in [2.45, 2.75) is 12.8 Å². The van der Waals surface area contributed by atoms with Crippen molar-refractivity contribution in [2.24, 2.45) is 0 Å². The molecule has 2 aliphatic rings. The molecule has 2 fully saturated rings. The van der Waals surface area contributed by atoms with Gasteiger partial charge in [0, 0.05) is 62.5 Å². The van der Waals surface area contributed by atoms with E-state index in [9.17, 15) is 9.59 Å². The Hall–Kier alpha value is -3.09. The summed E-state index contributed by atoms with van der Waals surface area (Å²) >= 11 is 0. The molecule has 0 radical (unpaired) electrons. The number of carbonyl (C=O) groups excluding carboxylic acids is 2. The summed E-state index contributed by atoms with van der Waals surface area (Å²) in [5, 5.41) is 2.93. The first kappa shape index (κ1) is 18.3. The second kappa shape index (κ2) is 8.29. The van der Waals surface area contributed by atoms with Crippen molar-refractivity contribution in [3.05, 3.63) is 48.3 Å². The predicted molar refractivity (Wildman–Crippen MR) is 110 cm³/mol. The summed E-state index contributed by atoms with van der Waals surface area (Å²) in [4.78, 5) is 34.0. The van der Waals surface area contributed by atoms with E-state index in [1.165, 1.54) is 18.5 Å². The number of anilines is 3. The largest absolute Gasteiger partial charge is 0.372 e. The second-order valence-electron chi connectivity index (χ2n) is 7.22. The zero-order chi connectivity index (χ0) is 19.3. The Bertz CT molecular complexity index is 825. The highest BCUT2D eigenvalue weighted by atomic mass is 16.2. The van der Waals surface area contributed by atoms with Gasteiger partial charge in [0.1, 0.15) is 5.69 Å². The number of aromatic nitrogens is 1. The van der Waals surface area contributed by atoms with Gasteiger partial charge < -0.3 is 20.0 Å². The van der Waals surface area contributed by atoms with Crippen LogP contribution in [-0.4, -0.2) is 61.5 Å². The number of nitrogens with zero attached hydrogens (tertiary/aromatic N) is 4. The number of benzene rings is 1. The van der Waals surface area contributed by atoms with E-state index in [1.54, 1.807) is 11.1 Å². The maximum Gasteiger partial charge on any atom is 0.274 e. The predicted octanol–water partition coefficient (Wildman–Crippen LogP) is 2.21. The van der Waals surface area contributed by atoms with Crippen LogP contribution in [0.5, 0.6) is 0 Å². The van der Waals surface area contributed by atoms with Crippen LogP contribution in [0.2, 0.25) is 0 Å². The van der Waals surface area contributed by atoms with Gasteiger partial charge in [0.05, 0.1) is 0 Å². The topological polar surface area (TPSA) is 68.8 Å². The summed E-state index contributed by atoms with van der Waals surface area (Å²) < 4.78 is 0. The fraction of sp³-hybridized carbons (Fsp3) is 0.381. The maximum atomic E-state index is 12.6. The van der Waals surface area contributed by atoms with Crippen molar-refractivity contribution in [2.75, 3.05) is 54.4 Å². The van der Waals surface area contributed by atoms with Crippen LogP contribution in [0.1, 0.15) is 23.3 Å². The lowest BCUT2D eigenvalue weighted by Gasteiger charge is -2.34. The van der Waals surface area contributed by atoms with Gasteiger partial charge >= 0.3 is 0 Å². The Labute approximate surface area is 164 Å². The third-order valence-electron chi connectivity index (χ3n) is 5.40. The van der Waals surface area contributed by atoms with Gasteiger partial charge in [-0.05, 0) is 49.2 Å². The number of carbonyl (C=O) groups is 2. The minimum atomic E-state index is -0.220. The monoisotopic (exact) mass is 379 g/mol. The van der Waals surface area contributed by atoms with Crippen molar-refractivity contribution in [3.8, 4) is 0 Å². The highest BCUT2D eigenvalue weighted by Gasteiger charge is 2.18. The molecule has 146 valence electrons. The van der Waals surface area contributed by atoms with Gasteiger partial charge in [0.2, 0.25) is 6.41 Å². The smallest absolute Gasteiger partial charge is 0.274 e. The Morgan fingerprint density at radius 3 is 2.25 bits per heavy atom. The maximum absolute atomic E-state index is 12.6. The zero-order valence-electron chi connectivity index (χ0n) is 15.9. The number of pyridine rings is 1. The van der Waals surface area contributed by atoms with Crippen molar-refractivity contribution in [3.63, 3.8) is 0 Å². The van der Waals surface area contributed by atoms with Gasteiger partial charge in [0.25, 0.3) is 5.91 Å². The molecule has 2 saturated heterocycles. The molecule has 2 aliphatic heterocycles. The fourth-order valence-electron chi connectivity index (χ4n) is 3.75. The third-order valence-corrected chi connectivity index (χ3v) is 5.40. The van der Waals surface area contributed by atoms with Gasteiger partial charge in [-0.3, -0.25) is 14.6 Å². The minimum absolute atomic E-state index is 0.220. The molecule has 3 heterocycles. The summed E-state index contributed by atoms with van der Waals surface area (Å²) in [6.45, 7) is 5.09. The van der Waals surface area contributed by atoms with Crippen LogP contribution in [-0.2, 0) is 4.79 Å². The molecule has 0 bridgehead atoms. The lowest BCUT2D eigenvalue weighted by Crippen LogP contribution is -2.45. The van der Waals surface area contributed by atoms with Crippen LogP contribution in [0.4, 0.5) is 17.1 Å². The van der Waals surface area contributed by atoms with Crippen molar-refractivity contribution in [1.29, 1.82) is 0 Å². The Morgan fingerprint density at radius 2 is 1.57 bits per heavy atom. The number of hydrogen-bond acceptors (Lipinski definition) is 5. The molecule has 1 aromatic heterocycles. The van der Waals surface area contributed by atoms with Crippen molar-refractivity contribution >= 4 is 29.4 Å². The number of hydrogen-bond donors (Lipinski definition) is 1. The molecular weight excluding hydrogens is 354 g/mol. The summed E-state index contributed by atoms with van der Waals surface area (Å²) in [6, 6.07) is 11.7. The van der Waals surface area contributed by atoms with Gasteiger partial charge in [-0.2, -0.15) is 0 Å². The average molecular weight is 379 g/mol. The van der Waals surface area contributed by atoms with Crippen LogP contribution >= 0.6 is 0 Å². The molecule has 28 heavy (non-hydrogen) atoms. The molecule has 0 unspecified atom stereocenters. The molecular formula is C21H25N5O2. The molecule has 0 atom stereocenters. The molecule has 7 heteroatoms. The van der Waals surface area contributed by atoms with E-state index < -0.39 is 0 Å². The van der Waals surface area contributed by atoms with Crippen LogP contribution in [0, 0.1) is 0 Å². The first-order valence-electron chi connectivity index (χ1n) is 9.80. The molecule has 0 aliphatic carbocycles. The van der Waals surface area contributed by atoms with Gasteiger partial charge in [-0.15, -0.1) is 0 Å². The number of amides is 2. The fourth-order valence-corrected chi connectivity index (χ4v) is 3.75. The summed E-state index contributed by atoms with van der Waals surface area (Å²) in [6.07, 6.45) is 5.03. The third kappa shape index (κ3) is 4.08. The highest BCUT2D eigenvalue weighted by molar-refractivity contribution is 6.03. The van der Waals surface area contributed by atoms with Gasteiger partial charge in [-0.1, -0.05) is 0 Å². The first-order chi connectivity index (χ1) is 13.7. The van der Waals surface area contributed by atoms with E-state index >= 15 is 0 Å². The normalized spacial score (nSPS) is 16.9. The van der Waals surface area contributed by atoms with Gasteiger partial charge in [-0.25, -0.2) is 0 Å². The van der Waals surface area contributed by atoms with E-state index in [0.717, 1.165) is 44.0 Å². The van der Waals surface area contributed by atoms with E-state index in [-0.39, 0.29) is 5.91 Å². The Balaban J connectivity index is 1.40. The summed E-state index contributed by atoms with van der Waals surface area (Å²) in [5.74, 6) is -0.220. The number of piperazine rings is 1. The van der Waals surface area contributed by atoms with E-state index in [2.05, 4.69) is 32.2 Å². The van der Waals surface area contributed by atoms with Crippen LogP contribution < -0.4 is 15.1 Å². The van der Waals surface area contributed by atoms with Crippen molar-refractivity contribution < 1.29 is 9.59 Å². The summed E-state index contributed by atoms with van der Waals surface area (Å²) in [5.41, 5.74) is 3.30. The molecule has 2 aromatic rings. The molecule has 7 nitrogen and oxygen atoms in total. The van der Waals surface area contributed by atoms with E-state index in [1.807, 2.05) is 24.3 Å². The number of nitrogens with one attached hydrogen (secondary N) is 1. The number of rotatable bonds is 5. The second-order valence-corrected chi connectivity index (χ2v) is 7.22. The SMILES string of the molecule is O=CN1CCN(c2ccnc(C(=O)Nc3ccc(N4CCCC4)cc3)c2)CC1. The van der Waals surface area contributed by atoms with Crippen LogP contribution in [0.15, 0.2) is 42.6 Å². The molecule has 2 amide bonds. The molecule has 1 aromatic carbocycles. The van der Waals surface area contributed by atoms with E-state index in [4.69, 9.17) is 0 Å². The zero-order valence-corrected chi connectivity index (χ0v) is 15.9. The first-order valence-corrected chi connectivity index (χ1v) is 9.80. The summed E-state index contributed by atoms with van der Waals surface area (Å²) in [7, 11) is 0. The molecule has 0 spiro atoms. The Morgan fingerprint density at radius 1 is 0.893 bits per heavy atom.